The van der Waals surface area contributed by atoms with Gasteiger partial charge in [0.15, 0.2) is 6.10 Å². The zero-order valence-corrected chi connectivity index (χ0v) is 16.6. The van der Waals surface area contributed by atoms with Crippen molar-refractivity contribution in [2.45, 2.75) is 38.1 Å². The Bertz CT molecular complexity index is 853. The number of ether oxygens (including phenoxy) is 3. The fraction of sp³-hybridized carbons (Fsp3) is 0.471. The summed E-state index contributed by atoms with van der Waals surface area (Å²) in [5.74, 6) is -2.70. The summed E-state index contributed by atoms with van der Waals surface area (Å²) in [4.78, 5) is 21.1. The molecule has 0 bridgehead atoms. The van der Waals surface area contributed by atoms with Crippen molar-refractivity contribution in [1.29, 1.82) is 0 Å². The maximum absolute atomic E-state index is 13.6. The van der Waals surface area contributed by atoms with Crippen LogP contribution in [0.5, 0.6) is 11.5 Å². The second-order valence-corrected chi connectivity index (χ2v) is 6.37. The monoisotopic (exact) mass is 491 g/mol. The molecular formula is C17H17F6N2O8-. The van der Waals surface area contributed by atoms with E-state index in [2.05, 4.69) is 14.4 Å². The minimum atomic E-state index is -5.11. The number of esters is 1. The molecule has 10 nitrogen and oxygen atoms in total. The van der Waals surface area contributed by atoms with E-state index in [1.54, 1.807) is 0 Å². The third-order valence-electron chi connectivity index (χ3n) is 4.08. The summed E-state index contributed by atoms with van der Waals surface area (Å²) in [6.45, 7) is 0.118. The molecule has 33 heavy (non-hydrogen) atoms. The van der Waals surface area contributed by atoms with Gasteiger partial charge in [-0.2, -0.15) is 13.2 Å². The number of carbonyl (C=O) groups is 1. The fourth-order valence-corrected chi connectivity index (χ4v) is 2.82. The number of carbonyl (C=O) groups excluding carboxylic acids is 1. The molecule has 2 rings (SSSR count). The number of hydrogen-bond acceptors (Lipinski definition) is 10. The van der Waals surface area contributed by atoms with Crippen LogP contribution in [0.15, 0.2) is 17.7 Å². The van der Waals surface area contributed by atoms with Gasteiger partial charge in [-0.1, -0.05) is 12.6 Å². The van der Waals surface area contributed by atoms with Crippen molar-refractivity contribution in [1.82, 2.24) is 11.3 Å². The lowest BCUT2D eigenvalue weighted by molar-refractivity contribution is -0.274. The van der Waals surface area contributed by atoms with Gasteiger partial charge in [0, 0.05) is 5.56 Å². The van der Waals surface area contributed by atoms with E-state index in [1.165, 1.54) is 12.6 Å². The van der Waals surface area contributed by atoms with E-state index in [1.807, 2.05) is 0 Å². The van der Waals surface area contributed by atoms with Crippen molar-refractivity contribution in [2.75, 3.05) is 13.2 Å². The lowest BCUT2D eigenvalue weighted by Crippen LogP contribution is -2.42. The van der Waals surface area contributed by atoms with Crippen LogP contribution in [0, 0.1) is 5.21 Å². The number of nitrogens with one attached hydrogen (secondary N) is 2. The van der Waals surface area contributed by atoms with Gasteiger partial charge >= 0.3 is 18.5 Å². The molecule has 0 radical (unpaired) electrons. The Morgan fingerprint density at radius 2 is 1.88 bits per heavy atom. The standard InChI is InChI=1S/C17H17F6N2O8/c1-2-8-3-10(33-17(21,22)23)4-9-5-12(14(16(18,19)20)32-13(8)9)15(26)31-11(6-29-24-27)7-30-25-28/h3-5,11,14,24-25,27H,2,6-7H2,1H3/q-1/t11?,14-/m0/s1. The summed E-state index contributed by atoms with van der Waals surface area (Å²) < 4.78 is 92.4. The van der Waals surface area contributed by atoms with Gasteiger partial charge in [0.2, 0.25) is 6.10 Å². The summed E-state index contributed by atoms with van der Waals surface area (Å²) in [6.07, 6.45) is -13.8. The Morgan fingerprint density at radius 3 is 2.42 bits per heavy atom. The minimum absolute atomic E-state index is 0.0112. The van der Waals surface area contributed by atoms with Gasteiger partial charge in [0.25, 0.3) is 0 Å². The molecule has 1 aliphatic rings. The number of hydrogen-bond donors (Lipinski definition) is 3. The topological polar surface area (TPSA) is 131 Å². The SMILES string of the molecule is CCc1cc(OC(F)(F)F)cc2c1O[C@H](C(F)(F)F)C(C(=O)OC(CON[O-])CONO)=C2. The first-order valence-corrected chi connectivity index (χ1v) is 8.98. The maximum atomic E-state index is 13.6. The van der Waals surface area contributed by atoms with Crippen LogP contribution in [0.25, 0.3) is 6.08 Å². The van der Waals surface area contributed by atoms with E-state index in [-0.39, 0.29) is 23.3 Å². The van der Waals surface area contributed by atoms with Crippen LogP contribution in [-0.4, -0.2) is 49.1 Å². The number of fused-ring (bicyclic) bond motifs is 1. The Kier molecular flexibility index (Phi) is 8.87. The third kappa shape index (κ3) is 7.44. The summed E-state index contributed by atoms with van der Waals surface area (Å²) in [7, 11) is 0. The molecule has 1 aromatic carbocycles. The van der Waals surface area contributed by atoms with E-state index in [0.29, 0.717) is 6.08 Å². The second-order valence-electron chi connectivity index (χ2n) is 6.37. The van der Waals surface area contributed by atoms with Crippen LogP contribution < -0.4 is 20.8 Å². The Balaban J connectivity index is 2.46. The molecule has 0 aromatic heterocycles. The molecule has 3 N–H and O–H groups in total. The first-order chi connectivity index (χ1) is 15.4. The molecular weight excluding hydrogens is 474 g/mol. The molecule has 0 saturated heterocycles. The van der Waals surface area contributed by atoms with Gasteiger partial charge in [0.05, 0.1) is 5.57 Å². The zero-order chi connectivity index (χ0) is 24.8. The van der Waals surface area contributed by atoms with Gasteiger partial charge in [-0.3, -0.25) is 15.7 Å². The predicted molar refractivity (Wildman–Crippen MR) is 94.2 cm³/mol. The van der Waals surface area contributed by atoms with Crippen LogP contribution in [-0.2, 0) is 25.6 Å². The largest absolute Gasteiger partial charge is 0.765 e. The maximum Gasteiger partial charge on any atom is 0.573 e. The lowest BCUT2D eigenvalue weighted by atomic mass is 9.97. The molecule has 0 amide bonds. The Labute approximate surface area is 181 Å². The van der Waals surface area contributed by atoms with Crippen LogP contribution in [0.2, 0.25) is 0 Å². The quantitative estimate of drug-likeness (QED) is 0.255. The summed E-state index contributed by atoms with van der Waals surface area (Å²) in [5, 5.41) is 18.7. The van der Waals surface area contributed by atoms with Crippen molar-refractivity contribution in [3.8, 4) is 11.5 Å². The van der Waals surface area contributed by atoms with Crippen molar-refractivity contribution < 1.29 is 60.2 Å². The Morgan fingerprint density at radius 1 is 1.21 bits per heavy atom. The van der Waals surface area contributed by atoms with E-state index >= 15 is 0 Å². The van der Waals surface area contributed by atoms with Gasteiger partial charge in [-0.05, 0) is 30.2 Å². The average Bonchev–Trinajstić information content (AvgIpc) is 2.72. The smallest absolute Gasteiger partial charge is 0.573 e. The highest BCUT2D eigenvalue weighted by Gasteiger charge is 2.49. The molecule has 0 saturated carbocycles. The normalized spacial score (nSPS) is 17.0. The predicted octanol–water partition coefficient (Wildman–Crippen LogP) is 2.70. The molecule has 1 unspecified atom stereocenters. The van der Waals surface area contributed by atoms with Crippen LogP contribution in [0.1, 0.15) is 18.1 Å². The van der Waals surface area contributed by atoms with E-state index in [4.69, 9.17) is 14.7 Å². The number of aryl methyl sites for hydroxylation is 1. The highest BCUT2D eigenvalue weighted by molar-refractivity contribution is 5.96. The van der Waals surface area contributed by atoms with E-state index in [0.717, 1.165) is 17.8 Å². The van der Waals surface area contributed by atoms with Crippen molar-refractivity contribution >= 4 is 12.0 Å². The molecule has 1 heterocycles. The third-order valence-corrected chi connectivity index (χ3v) is 4.08. The van der Waals surface area contributed by atoms with Crippen molar-refractivity contribution in [3.63, 3.8) is 0 Å². The second kappa shape index (κ2) is 11.0. The van der Waals surface area contributed by atoms with Crippen LogP contribution >= 0.6 is 0 Å². The van der Waals surface area contributed by atoms with Crippen molar-refractivity contribution in [2.24, 2.45) is 0 Å². The molecule has 1 aliphatic heterocycles. The molecule has 0 fully saturated rings. The molecule has 0 spiro atoms. The zero-order valence-electron chi connectivity index (χ0n) is 16.6. The summed E-state index contributed by atoms with van der Waals surface area (Å²) >= 11 is 0. The summed E-state index contributed by atoms with van der Waals surface area (Å²) in [6, 6.07) is 1.63. The first kappa shape index (κ1) is 26.6. The average molecular weight is 491 g/mol. The van der Waals surface area contributed by atoms with Gasteiger partial charge in [0.1, 0.15) is 24.7 Å². The lowest BCUT2D eigenvalue weighted by Gasteiger charge is -2.30. The summed E-state index contributed by atoms with van der Waals surface area (Å²) in [5.41, 5.74) is 0.831. The minimum Gasteiger partial charge on any atom is -0.765 e. The van der Waals surface area contributed by atoms with Crippen molar-refractivity contribution in [3.05, 3.63) is 34.0 Å². The highest BCUT2D eigenvalue weighted by Crippen LogP contribution is 2.42. The molecule has 16 heteroatoms. The first-order valence-electron chi connectivity index (χ1n) is 8.98. The van der Waals surface area contributed by atoms with E-state index in [9.17, 15) is 36.3 Å². The fourth-order valence-electron chi connectivity index (χ4n) is 2.82. The Hall–Kier alpha value is -2.63. The number of benzene rings is 1. The number of alkyl halides is 6. The molecule has 186 valence electrons. The van der Waals surface area contributed by atoms with Crippen LogP contribution in [0.4, 0.5) is 26.3 Å². The molecule has 1 aromatic rings. The number of halogens is 6. The van der Waals surface area contributed by atoms with Crippen LogP contribution in [0.3, 0.4) is 0 Å². The molecule has 2 atom stereocenters. The molecule has 0 aliphatic carbocycles. The van der Waals surface area contributed by atoms with Gasteiger partial charge < -0.3 is 24.3 Å². The number of rotatable bonds is 10. The van der Waals surface area contributed by atoms with Gasteiger partial charge in [-0.25, -0.2) is 4.79 Å². The van der Waals surface area contributed by atoms with Gasteiger partial charge in [-0.15, -0.1) is 13.2 Å². The highest BCUT2D eigenvalue weighted by atomic mass is 19.4. The van der Waals surface area contributed by atoms with E-state index < -0.39 is 55.3 Å².